The van der Waals surface area contributed by atoms with Crippen molar-refractivity contribution in [1.82, 2.24) is 4.90 Å². The lowest BCUT2D eigenvalue weighted by Gasteiger charge is -2.64. The minimum Gasteiger partial charge on any atom is -0.479 e. The van der Waals surface area contributed by atoms with E-state index in [0.29, 0.717) is 51.0 Å². The maximum atomic E-state index is 13.0. The number of ether oxygens (including phenoxy) is 3. The third-order valence-corrected chi connectivity index (χ3v) is 8.94. The van der Waals surface area contributed by atoms with E-state index < -0.39 is 44.3 Å². The van der Waals surface area contributed by atoms with Crippen LogP contribution in [0.5, 0.6) is 11.5 Å². The van der Waals surface area contributed by atoms with Crippen molar-refractivity contribution in [2.24, 2.45) is 0 Å². The van der Waals surface area contributed by atoms with Gasteiger partial charge in [-0.05, 0) is 44.5 Å². The van der Waals surface area contributed by atoms with E-state index in [9.17, 15) is 26.7 Å². The number of nitrogens with zero attached hydrogens (tertiary/aromatic N) is 1. The first-order valence-electron chi connectivity index (χ1n) is 10.5. The van der Waals surface area contributed by atoms with Crippen LogP contribution >= 0.6 is 0 Å². The molecule has 2 spiro atoms. The molecule has 12 heteroatoms. The summed E-state index contributed by atoms with van der Waals surface area (Å²) < 4.78 is 85.3. The zero-order valence-corrected chi connectivity index (χ0v) is 18.0. The van der Waals surface area contributed by atoms with Crippen LogP contribution in [0.25, 0.3) is 0 Å². The molecular weight excluding hydrogens is 455 g/mol. The van der Waals surface area contributed by atoms with E-state index in [4.69, 9.17) is 14.2 Å². The van der Waals surface area contributed by atoms with Gasteiger partial charge in [-0.1, -0.05) is 6.07 Å². The fraction of sp³-hybridized carbons (Fsp3) is 0.700. The maximum absolute atomic E-state index is 13.0. The molecule has 4 atom stereocenters. The summed E-state index contributed by atoms with van der Waals surface area (Å²) in [7, 11) is -3.96. The molecular formula is C20H22F3NO7S. The lowest BCUT2D eigenvalue weighted by molar-refractivity contribution is -0.295. The highest BCUT2D eigenvalue weighted by Crippen LogP contribution is 2.68. The minimum absolute atomic E-state index is 0.0814. The largest absolute Gasteiger partial charge is 0.534 e. The molecule has 5 aliphatic rings. The molecule has 1 saturated carbocycles. The number of hydrogen-bond donors (Lipinski definition) is 1. The minimum atomic E-state index is -5.90. The van der Waals surface area contributed by atoms with E-state index in [1.165, 1.54) is 6.07 Å². The van der Waals surface area contributed by atoms with E-state index in [-0.39, 0.29) is 11.8 Å². The SMILES string of the molecule is CN1CC[C@@]23c4c5ccc(OS(=O)(=O)C(F)(F)F)c4OC2C2(CCC3(O)[C@@H]1C5)OCCO2. The highest BCUT2D eigenvalue weighted by atomic mass is 32.2. The Bertz CT molecular complexity index is 1100. The highest BCUT2D eigenvalue weighted by Gasteiger charge is 2.77. The fourth-order valence-corrected chi connectivity index (χ4v) is 7.16. The molecule has 3 fully saturated rings. The summed E-state index contributed by atoms with van der Waals surface area (Å²) in [5.41, 5.74) is -6.54. The van der Waals surface area contributed by atoms with Crippen LogP contribution in [0.4, 0.5) is 13.2 Å². The van der Waals surface area contributed by atoms with Crippen LogP contribution in [0.15, 0.2) is 12.1 Å². The fourth-order valence-electron chi connectivity index (χ4n) is 6.70. The number of aliphatic hydroxyl groups is 1. The van der Waals surface area contributed by atoms with E-state index in [0.717, 1.165) is 5.56 Å². The Morgan fingerprint density at radius 2 is 1.91 bits per heavy atom. The van der Waals surface area contributed by atoms with Gasteiger partial charge >= 0.3 is 15.6 Å². The molecule has 0 aromatic heterocycles. The molecule has 176 valence electrons. The molecule has 1 N–H and O–H groups in total. The van der Waals surface area contributed by atoms with Crippen LogP contribution in [0, 0.1) is 0 Å². The lowest BCUT2D eigenvalue weighted by Crippen LogP contribution is -2.79. The smallest absolute Gasteiger partial charge is 0.479 e. The average Bonchev–Trinajstić information content (AvgIpc) is 3.31. The lowest BCUT2D eigenvalue weighted by atomic mass is 9.48. The number of likely N-dealkylation sites (N-methyl/N-ethyl adjacent to an activating group) is 1. The van der Waals surface area contributed by atoms with Crippen molar-refractivity contribution in [2.45, 2.75) is 60.1 Å². The van der Waals surface area contributed by atoms with Crippen LogP contribution in [0.1, 0.15) is 30.4 Å². The first-order valence-corrected chi connectivity index (χ1v) is 11.9. The Morgan fingerprint density at radius 1 is 1.19 bits per heavy atom. The van der Waals surface area contributed by atoms with Gasteiger partial charge in [-0.15, -0.1) is 0 Å². The van der Waals surface area contributed by atoms with Gasteiger partial charge in [0.2, 0.25) is 5.79 Å². The molecule has 3 aliphatic heterocycles. The summed E-state index contributed by atoms with van der Waals surface area (Å²) in [4.78, 5) is 2.09. The van der Waals surface area contributed by atoms with Gasteiger partial charge in [0, 0.05) is 18.0 Å². The molecule has 6 rings (SSSR count). The summed E-state index contributed by atoms with van der Waals surface area (Å²) in [5, 5.41) is 12.1. The second kappa shape index (κ2) is 6.09. The summed E-state index contributed by atoms with van der Waals surface area (Å²) in [6.07, 6.45) is 0.756. The van der Waals surface area contributed by atoms with Crippen molar-refractivity contribution < 1.29 is 45.1 Å². The van der Waals surface area contributed by atoms with Crippen molar-refractivity contribution in [1.29, 1.82) is 0 Å². The van der Waals surface area contributed by atoms with Crippen molar-refractivity contribution >= 4 is 10.1 Å². The normalized spacial score (nSPS) is 37.3. The highest BCUT2D eigenvalue weighted by molar-refractivity contribution is 7.88. The first-order chi connectivity index (χ1) is 15.0. The Labute approximate surface area is 182 Å². The quantitative estimate of drug-likeness (QED) is 0.505. The van der Waals surface area contributed by atoms with Gasteiger partial charge in [0.25, 0.3) is 0 Å². The van der Waals surface area contributed by atoms with E-state index in [1.54, 1.807) is 6.07 Å². The van der Waals surface area contributed by atoms with Crippen LogP contribution in [0.3, 0.4) is 0 Å². The maximum Gasteiger partial charge on any atom is 0.534 e. The Kier molecular flexibility index (Phi) is 3.99. The van der Waals surface area contributed by atoms with Crippen LogP contribution in [-0.4, -0.2) is 74.3 Å². The summed E-state index contributed by atoms with van der Waals surface area (Å²) in [6, 6.07) is 2.52. The van der Waals surface area contributed by atoms with E-state index in [1.807, 2.05) is 7.05 Å². The summed E-state index contributed by atoms with van der Waals surface area (Å²) in [6.45, 7) is 1.27. The van der Waals surface area contributed by atoms with Gasteiger partial charge in [-0.2, -0.15) is 21.6 Å². The number of rotatable bonds is 2. The molecule has 1 aromatic carbocycles. The molecule has 8 nitrogen and oxygen atoms in total. The molecule has 0 radical (unpaired) electrons. The molecule has 2 unspecified atom stereocenters. The van der Waals surface area contributed by atoms with Crippen LogP contribution in [0.2, 0.25) is 0 Å². The topological polar surface area (TPSA) is 94.5 Å². The van der Waals surface area contributed by atoms with Crippen molar-refractivity contribution in [3.63, 3.8) is 0 Å². The van der Waals surface area contributed by atoms with Crippen LogP contribution < -0.4 is 8.92 Å². The molecule has 2 aliphatic carbocycles. The third kappa shape index (κ3) is 2.29. The number of likely N-dealkylation sites (tertiary alicyclic amines) is 1. The predicted molar refractivity (Wildman–Crippen MR) is 102 cm³/mol. The van der Waals surface area contributed by atoms with Gasteiger partial charge in [-0.25, -0.2) is 0 Å². The molecule has 3 heterocycles. The number of piperidine rings is 1. The number of fused-ring (bicyclic) bond motifs is 1. The third-order valence-electron chi connectivity index (χ3n) is 7.98. The summed E-state index contributed by atoms with van der Waals surface area (Å²) >= 11 is 0. The number of hydrogen-bond acceptors (Lipinski definition) is 8. The molecule has 0 amide bonds. The number of benzene rings is 1. The zero-order valence-electron chi connectivity index (χ0n) is 17.1. The number of halogens is 3. The molecule has 2 bridgehead atoms. The molecule has 32 heavy (non-hydrogen) atoms. The Hall–Kier alpha value is -1.60. The van der Waals surface area contributed by atoms with Crippen LogP contribution in [-0.2, 0) is 31.4 Å². The average molecular weight is 477 g/mol. The standard InChI is InChI=1S/C20H22F3NO7S/c1-24-7-6-17-14-11-2-3-12(31-32(26,27)20(21,22)23)15(14)30-16(17)19(28-8-9-29-19)5-4-18(17,25)13(24)10-11/h2-3,13,16,25H,4-10H2,1H3/t13-,16?,17+,18?/m0/s1. The van der Waals surface area contributed by atoms with E-state index >= 15 is 0 Å². The van der Waals surface area contributed by atoms with Gasteiger partial charge in [0.05, 0.1) is 24.2 Å². The Morgan fingerprint density at radius 3 is 2.59 bits per heavy atom. The Balaban J connectivity index is 1.57. The van der Waals surface area contributed by atoms with Crippen molar-refractivity contribution in [3.8, 4) is 11.5 Å². The second-order valence-corrected chi connectivity index (χ2v) is 10.8. The monoisotopic (exact) mass is 477 g/mol. The van der Waals surface area contributed by atoms with Gasteiger partial charge in [0.1, 0.15) is 0 Å². The van der Waals surface area contributed by atoms with Gasteiger partial charge in [0.15, 0.2) is 17.6 Å². The molecule has 2 saturated heterocycles. The number of alkyl halides is 3. The summed E-state index contributed by atoms with van der Waals surface area (Å²) in [5.74, 6) is -1.79. The van der Waals surface area contributed by atoms with Gasteiger partial charge in [-0.3, -0.25) is 0 Å². The predicted octanol–water partition coefficient (Wildman–Crippen LogP) is 1.44. The van der Waals surface area contributed by atoms with Gasteiger partial charge < -0.3 is 28.4 Å². The second-order valence-electron chi connectivity index (χ2n) is 9.26. The zero-order chi connectivity index (χ0) is 22.7. The van der Waals surface area contributed by atoms with E-state index in [2.05, 4.69) is 9.08 Å². The van der Waals surface area contributed by atoms with Crippen molar-refractivity contribution in [2.75, 3.05) is 26.8 Å². The first kappa shape index (κ1) is 21.0. The van der Waals surface area contributed by atoms with Crippen molar-refractivity contribution in [3.05, 3.63) is 23.3 Å². The molecule has 1 aromatic rings.